The van der Waals surface area contributed by atoms with Gasteiger partial charge in [-0.3, -0.25) is 0 Å². The smallest absolute Gasteiger partial charge is 0.00702 e. The van der Waals surface area contributed by atoms with Gasteiger partial charge in [-0.25, -0.2) is 0 Å². The van der Waals surface area contributed by atoms with Crippen LogP contribution in [0, 0.1) is 5.92 Å². The Morgan fingerprint density at radius 3 is 2.50 bits per heavy atom. The van der Waals surface area contributed by atoms with Gasteiger partial charge in [0.15, 0.2) is 0 Å². The molecule has 0 saturated heterocycles. The lowest BCUT2D eigenvalue weighted by Crippen LogP contribution is -1.79. The van der Waals surface area contributed by atoms with Gasteiger partial charge in [0, 0.05) is 0 Å². The van der Waals surface area contributed by atoms with Crippen LogP contribution in [0.25, 0.3) is 0 Å². The minimum absolute atomic E-state index is 0.682. The van der Waals surface area contributed by atoms with Crippen LogP contribution in [0.1, 0.15) is 33.6 Å². The molecule has 1 unspecified atom stereocenters. The highest BCUT2D eigenvalue weighted by Gasteiger charge is 2.08. The first-order chi connectivity index (χ1) is 4.74. The summed E-state index contributed by atoms with van der Waals surface area (Å²) >= 11 is 0. The van der Waals surface area contributed by atoms with Gasteiger partial charge in [-0.15, -0.1) is 0 Å². The quantitative estimate of drug-likeness (QED) is 0.546. The molecule has 0 bridgehead atoms. The predicted octanol–water partition coefficient (Wildman–Crippen LogP) is 3.31. The number of rotatable bonds is 2. The summed E-state index contributed by atoms with van der Waals surface area (Å²) in [5, 5.41) is 0. The van der Waals surface area contributed by atoms with Gasteiger partial charge in [-0.2, -0.15) is 0 Å². The summed E-state index contributed by atoms with van der Waals surface area (Å²) in [5.41, 5.74) is 3.06. The van der Waals surface area contributed by atoms with E-state index in [9.17, 15) is 0 Å². The van der Waals surface area contributed by atoms with Crippen molar-refractivity contribution in [1.29, 1.82) is 0 Å². The zero-order valence-corrected chi connectivity index (χ0v) is 7.15. The molecule has 1 rings (SSSR count). The molecule has 1 atom stereocenters. The molecular formula is C10H16. The van der Waals surface area contributed by atoms with Crippen molar-refractivity contribution in [2.24, 2.45) is 5.92 Å². The standard InChI is InChI=1S/C10H16/c1-4-5-10-7-8(2)6-9(10)3/h6-8H,4-5H2,1-3H3. The molecule has 0 radical (unpaired) electrons. The van der Waals surface area contributed by atoms with Crippen LogP contribution in [0.3, 0.4) is 0 Å². The maximum Gasteiger partial charge on any atom is -0.00702 e. The normalized spacial score (nSPS) is 24.5. The average Bonchev–Trinajstić information content (AvgIpc) is 2.13. The van der Waals surface area contributed by atoms with Crippen molar-refractivity contribution >= 4 is 0 Å². The fourth-order valence-corrected chi connectivity index (χ4v) is 1.55. The summed E-state index contributed by atoms with van der Waals surface area (Å²) in [6.45, 7) is 6.69. The van der Waals surface area contributed by atoms with Crippen LogP contribution in [0.15, 0.2) is 23.3 Å². The number of allylic oxidation sites excluding steroid dienone is 4. The second kappa shape index (κ2) is 3.05. The van der Waals surface area contributed by atoms with E-state index >= 15 is 0 Å². The Hall–Kier alpha value is -0.520. The Balaban J connectivity index is 2.61. The summed E-state index contributed by atoms with van der Waals surface area (Å²) in [6, 6.07) is 0. The molecule has 0 spiro atoms. The molecule has 0 saturated carbocycles. The van der Waals surface area contributed by atoms with Crippen LogP contribution in [0.5, 0.6) is 0 Å². The van der Waals surface area contributed by atoms with Gasteiger partial charge >= 0.3 is 0 Å². The van der Waals surface area contributed by atoms with E-state index in [4.69, 9.17) is 0 Å². The van der Waals surface area contributed by atoms with Gasteiger partial charge < -0.3 is 0 Å². The molecule has 0 amide bonds. The lowest BCUT2D eigenvalue weighted by Gasteiger charge is -1.98. The zero-order chi connectivity index (χ0) is 7.56. The van der Waals surface area contributed by atoms with Crippen molar-refractivity contribution in [3.8, 4) is 0 Å². The van der Waals surface area contributed by atoms with Crippen molar-refractivity contribution in [3.63, 3.8) is 0 Å². The average molecular weight is 136 g/mol. The molecule has 0 fully saturated rings. The Kier molecular flexibility index (Phi) is 2.31. The second-order valence-electron chi connectivity index (χ2n) is 3.15. The molecule has 56 valence electrons. The molecule has 0 aliphatic heterocycles. The third-order valence-corrected chi connectivity index (χ3v) is 2.00. The van der Waals surface area contributed by atoms with E-state index in [-0.39, 0.29) is 0 Å². The van der Waals surface area contributed by atoms with Gasteiger partial charge in [0.2, 0.25) is 0 Å². The molecule has 10 heavy (non-hydrogen) atoms. The Morgan fingerprint density at radius 1 is 1.40 bits per heavy atom. The van der Waals surface area contributed by atoms with Crippen molar-refractivity contribution in [1.82, 2.24) is 0 Å². The van der Waals surface area contributed by atoms with Crippen molar-refractivity contribution in [3.05, 3.63) is 23.3 Å². The van der Waals surface area contributed by atoms with E-state index in [2.05, 4.69) is 32.9 Å². The zero-order valence-electron chi connectivity index (χ0n) is 7.15. The van der Waals surface area contributed by atoms with Crippen LogP contribution >= 0.6 is 0 Å². The largest absolute Gasteiger partial charge is 0.0747 e. The van der Waals surface area contributed by atoms with Gasteiger partial charge in [0.1, 0.15) is 0 Å². The first-order valence-corrected chi connectivity index (χ1v) is 4.13. The lowest BCUT2D eigenvalue weighted by atomic mass is 10.1. The van der Waals surface area contributed by atoms with E-state index in [0.717, 1.165) is 0 Å². The van der Waals surface area contributed by atoms with E-state index < -0.39 is 0 Å². The van der Waals surface area contributed by atoms with Crippen LogP contribution < -0.4 is 0 Å². The maximum absolute atomic E-state index is 2.37. The van der Waals surface area contributed by atoms with E-state index in [1.54, 1.807) is 5.57 Å². The van der Waals surface area contributed by atoms with E-state index in [1.807, 2.05) is 0 Å². The fraction of sp³-hybridized carbons (Fsp3) is 0.600. The highest BCUT2D eigenvalue weighted by Crippen LogP contribution is 2.25. The molecule has 0 heterocycles. The fourth-order valence-electron chi connectivity index (χ4n) is 1.55. The summed E-state index contributed by atoms with van der Waals surface area (Å²) in [6.07, 6.45) is 7.24. The molecule has 0 aromatic rings. The first-order valence-electron chi connectivity index (χ1n) is 4.13. The SMILES string of the molecule is CCCC1=CC(C)C=C1C. The van der Waals surface area contributed by atoms with Crippen LogP contribution in [-0.2, 0) is 0 Å². The Labute approximate surface area is 63.6 Å². The minimum atomic E-state index is 0.682. The lowest BCUT2D eigenvalue weighted by molar-refractivity contribution is 0.901. The number of hydrogen-bond acceptors (Lipinski definition) is 0. The summed E-state index contributed by atoms with van der Waals surface area (Å²) in [5.74, 6) is 0.682. The van der Waals surface area contributed by atoms with E-state index in [1.165, 1.54) is 18.4 Å². The monoisotopic (exact) mass is 136 g/mol. The Bertz CT molecular complexity index is 172. The molecule has 0 aromatic carbocycles. The van der Waals surface area contributed by atoms with Gasteiger partial charge in [-0.05, 0) is 24.8 Å². The summed E-state index contributed by atoms with van der Waals surface area (Å²) in [7, 11) is 0. The Morgan fingerprint density at radius 2 is 2.10 bits per heavy atom. The third kappa shape index (κ3) is 1.50. The molecule has 0 heteroatoms. The number of hydrogen-bond donors (Lipinski definition) is 0. The van der Waals surface area contributed by atoms with Gasteiger partial charge in [0.25, 0.3) is 0 Å². The predicted molar refractivity (Wildman–Crippen MR) is 45.9 cm³/mol. The van der Waals surface area contributed by atoms with Crippen LogP contribution in [0.2, 0.25) is 0 Å². The molecule has 0 N–H and O–H groups in total. The molecule has 0 aromatic heterocycles. The van der Waals surface area contributed by atoms with Crippen molar-refractivity contribution in [2.75, 3.05) is 0 Å². The van der Waals surface area contributed by atoms with Crippen molar-refractivity contribution in [2.45, 2.75) is 33.6 Å². The topological polar surface area (TPSA) is 0 Å². The van der Waals surface area contributed by atoms with Gasteiger partial charge in [-0.1, -0.05) is 38.0 Å². The first kappa shape index (κ1) is 7.59. The third-order valence-electron chi connectivity index (χ3n) is 2.00. The molecule has 1 aliphatic rings. The highest BCUT2D eigenvalue weighted by molar-refractivity contribution is 5.36. The summed E-state index contributed by atoms with van der Waals surface area (Å²) in [4.78, 5) is 0. The molecule has 0 nitrogen and oxygen atoms in total. The molecular weight excluding hydrogens is 120 g/mol. The van der Waals surface area contributed by atoms with Crippen LogP contribution in [-0.4, -0.2) is 0 Å². The second-order valence-corrected chi connectivity index (χ2v) is 3.15. The van der Waals surface area contributed by atoms with Gasteiger partial charge in [0.05, 0.1) is 0 Å². The molecule has 1 aliphatic carbocycles. The maximum atomic E-state index is 2.37. The minimum Gasteiger partial charge on any atom is -0.0747 e. The van der Waals surface area contributed by atoms with Crippen molar-refractivity contribution < 1.29 is 0 Å². The summed E-state index contributed by atoms with van der Waals surface area (Å²) < 4.78 is 0. The highest BCUT2D eigenvalue weighted by atomic mass is 14.1. The van der Waals surface area contributed by atoms with E-state index in [0.29, 0.717) is 5.92 Å². The van der Waals surface area contributed by atoms with Crippen LogP contribution in [0.4, 0.5) is 0 Å².